The molecule has 0 spiro atoms. The summed E-state index contributed by atoms with van der Waals surface area (Å²) in [5, 5.41) is 0. The third-order valence-corrected chi connectivity index (χ3v) is 4.53. The molecule has 0 saturated heterocycles. The van der Waals surface area contributed by atoms with Crippen molar-refractivity contribution in [2.45, 2.75) is 11.4 Å². The summed E-state index contributed by atoms with van der Waals surface area (Å²) in [5.74, 6) is -2.69. The van der Waals surface area contributed by atoms with Gasteiger partial charge in [0.1, 0.15) is 4.90 Å². The molecule has 2 aromatic rings. The molecule has 0 aliphatic heterocycles. The Morgan fingerprint density at radius 1 is 1.19 bits per heavy atom. The van der Waals surface area contributed by atoms with E-state index in [0.717, 1.165) is 12.1 Å². The number of sulfonamides is 1. The van der Waals surface area contributed by atoms with Crippen LogP contribution in [0.25, 0.3) is 0 Å². The number of anilines is 1. The quantitative estimate of drug-likeness (QED) is 0.861. The number of hydrogen-bond acceptors (Lipinski definition) is 3. The first-order valence-corrected chi connectivity index (χ1v) is 8.07. The van der Waals surface area contributed by atoms with Crippen LogP contribution in [-0.2, 0) is 16.6 Å². The Kier molecular flexibility index (Phi) is 4.60. The van der Waals surface area contributed by atoms with Crippen molar-refractivity contribution >= 4 is 31.6 Å². The molecule has 0 amide bonds. The highest BCUT2D eigenvalue weighted by Crippen LogP contribution is 2.24. The van der Waals surface area contributed by atoms with Gasteiger partial charge in [0.25, 0.3) is 10.0 Å². The van der Waals surface area contributed by atoms with Crippen LogP contribution in [-0.4, -0.2) is 8.42 Å². The van der Waals surface area contributed by atoms with E-state index in [4.69, 9.17) is 5.73 Å². The number of hydrogen-bond donors (Lipinski definition) is 2. The average Bonchev–Trinajstić information content (AvgIpc) is 2.41. The molecule has 4 nitrogen and oxygen atoms in total. The predicted molar refractivity (Wildman–Crippen MR) is 79.2 cm³/mol. The molecule has 3 N–H and O–H groups in total. The molecule has 0 aliphatic rings. The van der Waals surface area contributed by atoms with Gasteiger partial charge in [-0.05, 0) is 35.9 Å². The standard InChI is InChI=1S/C13H11BrF2N2O2S/c14-9-2-1-3-10(6-9)18-21(19,20)12-5-8(7-17)4-11(15)13(12)16/h1-6,18H,7,17H2. The molecule has 112 valence electrons. The van der Waals surface area contributed by atoms with E-state index in [9.17, 15) is 17.2 Å². The third kappa shape index (κ3) is 3.58. The number of halogens is 3. The van der Waals surface area contributed by atoms with Gasteiger partial charge in [-0.1, -0.05) is 22.0 Å². The van der Waals surface area contributed by atoms with E-state index < -0.39 is 26.6 Å². The molecule has 21 heavy (non-hydrogen) atoms. The van der Waals surface area contributed by atoms with Crippen LogP contribution in [0.15, 0.2) is 45.8 Å². The highest BCUT2D eigenvalue weighted by atomic mass is 79.9. The Labute approximate surface area is 129 Å². The Morgan fingerprint density at radius 2 is 1.90 bits per heavy atom. The van der Waals surface area contributed by atoms with E-state index in [1.807, 2.05) is 0 Å². The van der Waals surface area contributed by atoms with Crippen molar-refractivity contribution in [1.29, 1.82) is 0 Å². The molecule has 0 saturated carbocycles. The molecular formula is C13H11BrF2N2O2S. The summed E-state index contributed by atoms with van der Waals surface area (Å²) in [5.41, 5.74) is 5.75. The normalized spacial score (nSPS) is 11.4. The van der Waals surface area contributed by atoms with E-state index in [1.165, 1.54) is 12.1 Å². The van der Waals surface area contributed by atoms with Gasteiger partial charge in [0, 0.05) is 16.7 Å². The van der Waals surface area contributed by atoms with Gasteiger partial charge in [0.15, 0.2) is 11.6 Å². The van der Waals surface area contributed by atoms with Crippen LogP contribution in [0.4, 0.5) is 14.5 Å². The van der Waals surface area contributed by atoms with E-state index in [1.54, 1.807) is 12.1 Å². The van der Waals surface area contributed by atoms with Gasteiger partial charge in [0.2, 0.25) is 0 Å². The Morgan fingerprint density at radius 3 is 2.52 bits per heavy atom. The summed E-state index contributed by atoms with van der Waals surface area (Å²) >= 11 is 3.19. The Hall–Kier alpha value is -1.51. The zero-order valence-corrected chi connectivity index (χ0v) is 13.0. The first-order chi connectivity index (χ1) is 9.83. The van der Waals surface area contributed by atoms with Crippen molar-refractivity contribution in [2.24, 2.45) is 5.73 Å². The second-order valence-electron chi connectivity index (χ2n) is 4.21. The molecule has 0 atom stereocenters. The molecule has 2 aromatic carbocycles. The minimum Gasteiger partial charge on any atom is -0.326 e. The van der Waals surface area contributed by atoms with E-state index >= 15 is 0 Å². The van der Waals surface area contributed by atoms with Gasteiger partial charge in [-0.3, -0.25) is 4.72 Å². The summed E-state index contributed by atoms with van der Waals surface area (Å²) in [4.78, 5) is -0.775. The minimum absolute atomic E-state index is 0.101. The maximum absolute atomic E-state index is 13.8. The Balaban J connectivity index is 2.47. The average molecular weight is 377 g/mol. The monoisotopic (exact) mass is 376 g/mol. The molecular weight excluding hydrogens is 366 g/mol. The van der Waals surface area contributed by atoms with Crippen molar-refractivity contribution < 1.29 is 17.2 Å². The highest BCUT2D eigenvalue weighted by Gasteiger charge is 2.23. The predicted octanol–water partition coefficient (Wildman–Crippen LogP) is 2.99. The van der Waals surface area contributed by atoms with Crippen molar-refractivity contribution in [3.05, 3.63) is 58.1 Å². The van der Waals surface area contributed by atoms with Crippen LogP contribution in [0.1, 0.15) is 5.56 Å². The van der Waals surface area contributed by atoms with Crippen molar-refractivity contribution in [2.75, 3.05) is 4.72 Å². The summed E-state index contributed by atoms with van der Waals surface area (Å²) in [6.45, 7) is -0.101. The summed E-state index contributed by atoms with van der Waals surface area (Å²) in [6, 6.07) is 8.18. The third-order valence-electron chi connectivity index (χ3n) is 2.66. The van der Waals surface area contributed by atoms with E-state index in [-0.39, 0.29) is 17.8 Å². The molecule has 2 rings (SSSR count). The van der Waals surface area contributed by atoms with Crippen molar-refractivity contribution in [1.82, 2.24) is 0 Å². The highest BCUT2D eigenvalue weighted by molar-refractivity contribution is 9.10. The van der Waals surface area contributed by atoms with Crippen LogP contribution in [0.5, 0.6) is 0 Å². The number of nitrogens with one attached hydrogen (secondary N) is 1. The van der Waals surface area contributed by atoms with Crippen molar-refractivity contribution in [3.63, 3.8) is 0 Å². The lowest BCUT2D eigenvalue weighted by molar-refractivity contribution is 0.483. The largest absolute Gasteiger partial charge is 0.326 e. The second-order valence-corrected chi connectivity index (χ2v) is 6.78. The van der Waals surface area contributed by atoms with Crippen LogP contribution in [0, 0.1) is 11.6 Å². The molecule has 0 unspecified atom stereocenters. The second kappa shape index (κ2) is 6.08. The number of nitrogens with two attached hydrogens (primary N) is 1. The Bertz CT molecular complexity index is 782. The summed E-state index contributed by atoms with van der Waals surface area (Å²) < 4.78 is 54.4. The first kappa shape index (κ1) is 15.9. The van der Waals surface area contributed by atoms with Gasteiger partial charge in [-0.25, -0.2) is 17.2 Å². The van der Waals surface area contributed by atoms with Gasteiger partial charge in [-0.15, -0.1) is 0 Å². The molecule has 0 aromatic heterocycles. The maximum Gasteiger partial charge on any atom is 0.264 e. The number of rotatable bonds is 4. The smallest absolute Gasteiger partial charge is 0.264 e. The summed E-state index contributed by atoms with van der Waals surface area (Å²) in [6.07, 6.45) is 0. The van der Waals surface area contributed by atoms with Crippen LogP contribution >= 0.6 is 15.9 Å². The number of benzene rings is 2. The SMILES string of the molecule is NCc1cc(F)c(F)c(S(=O)(=O)Nc2cccc(Br)c2)c1. The fourth-order valence-electron chi connectivity index (χ4n) is 1.69. The molecule has 0 bridgehead atoms. The topological polar surface area (TPSA) is 72.2 Å². The van der Waals surface area contributed by atoms with Gasteiger partial charge in [-0.2, -0.15) is 0 Å². The van der Waals surface area contributed by atoms with Gasteiger partial charge >= 0.3 is 0 Å². The lowest BCUT2D eigenvalue weighted by Crippen LogP contribution is -2.16. The van der Waals surface area contributed by atoms with Crippen LogP contribution < -0.4 is 10.5 Å². The van der Waals surface area contributed by atoms with Crippen LogP contribution in [0.3, 0.4) is 0 Å². The molecule has 0 fully saturated rings. The van der Waals surface area contributed by atoms with Gasteiger partial charge in [0.05, 0.1) is 0 Å². The van der Waals surface area contributed by atoms with Crippen molar-refractivity contribution in [3.8, 4) is 0 Å². The fraction of sp³-hybridized carbons (Fsp3) is 0.0769. The summed E-state index contributed by atoms with van der Waals surface area (Å²) in [7, 11) is -4.26. The van der Waals surface area contributed by atoms with Gasteiger partial charge < -0.3 is 5.73 Å². The minimum atomic E-state index is -4.26. The first-order valence-electron chi connectivity index (χ1n) is 5.80. The fourth-order valence-corrected chi connectivity index (χ4v) is 3.28. The zero-order valence-electron chi connectivity index (χ0n) is 10.6. The molecule has 0 radical (unpaired) electrons. The van der Waals surface area contributed by atoms with E-state index in [2.05, 4.69) is 20.7 Å². The lowest BCUT2D eigenvalue weighted by atomic mass is 10.2. The molecule has 8 heteroatoms. The molecule has 0 aliphatic carbocycles. The zero-order chi connectivity index (χ0) is 15.6. The maximum atomic E-state index is 13.8. The lowest BCUT2D eigenvalue weighted by Gasteiger charge is -2.11. The van der Waals surface area contributed by atoms with Crippen LogP contribution in [0.2, 0.25) is 0 Å². The van der Waals surface area contributed by atoms with E-state index in [0.29, 0.717) is 4.47 Å². The molecule has 0 heterocycles.